The number of hydrogen-bond acceptors (Lipinski definition) is 9. The van der Waals surface area contributed by atoms with Gasteiger partial charge in [-0.05, 0) is 29.8 Å². The minimum Gasteiger partial charge on any atom is -0.491 e. The smallest absolute Gasteiger partial charge is 0.269 e. The number of non-ortho nitro benzene ring substituents is 1. The number of imidazole rings is 1. The van der Waals surface area contributed by atoms with Crippen molar-refractivity contribution in [3.63, 3.8) is 0 Å². The van der Waals surface area contributed by atoms with Crippen LogP contribution in [0.2, 0.25) is 0 Å². The third kappa shape index (κ3) is 4.24. The van der Waals surface area contributed by atoms with Crippen LogP contribution in [0.1, 0.15) is 17.4 Å². The normalized spacial score (nSPS) is 15.2. The van der Waals surface area contributed by atoms with Crippen LogP contribution in [0.4, 0.5) is 17.2 Å². The van der Waals surface area contributed by atoms with Gasteiger partial charge < -0.3 is 25.5 Å². The average Bonchev–Trinajstić information content (AvgIpc) is 3.17. The van der Waals surface area contributed by atoms with Gasteiger partial charge in [-0.3, -0.25) is 15.0 Å². The molecule has 32 heavy (non-hydrogen) atoms. The number of aromatic nitrogens is 2. The van der Waals surface area contributed by atoms with Gasteiger partial charge in [-0.2, -0.15) is 4.99 Å². The summed E-state index contributed by atoms with van der Waals surface area (Å²) in [5, 5.41) is 11.0. The van der Waals surface area contributed by atoms with Crippen LogP contribution in [0.25, 0.3) is 0 Å². The second-order valence-corrected chi connectivity index (χ2v) is 7.13. The number of methoxy groups -OCH3 is 1. The van der Waals surface area contributed by atoms with Crippen LogP contribution in [-0.2, 0) is 11.3 Å². The molecule has 11 nitrogen and oxygen atoms in total. The first-order valence-corrected chi connectivity index (χ1v) is 9.87. The molecule has 0 radical (unpaired) electrons. The van der Waals surface area contributed by atoms with Crippen molar-refractivity contribution < 1.29 is 14.4 Å². The third-order valence-corrected chi connectivity index (χ3v) is 5.01. The Bertz CT molecular complexity index is 1140. The number of aliphatic imine (C=N–C) groups is 1. The Labute approximate surface area is 184 Å². The number of rotatable bonds is 8. The van der Waals surface area contributed by atoms with Crippen molar-refractivity contribution in [1.29, 1.82) is 0 Å². The molecule has 0 fully saturated rings. The molecule has 0 saturated carbocycles. The molecule has 0 amide bonds. The second-order valence-electron chi connectivity index (χ2n) is 7.13. The van der Waals surface area contributed by atoms with E-state index >= 15 is 0 Å². The maximum atomic E-state index is 11.0. The van der Waals surface area contributed by atoms with E-state index < -0.39 is 11.1 Å². The van der Waals surface area contributed by atoms with Crippen molar-refractivity contribution in [3.05, 3.63) is 76.2 Å². The number of fused-ring (bicyclic) bond motifs is 1. The molecule has 1 atom stereocenters. The Morgan fingerprint density at radius 3 is 2.69 bits per heavy atom. The fourth-order valence-corrected chi connectivity index (χ4v) is 3.47. The van der Waals surface area contributed by atoms with E-state index in [1.54, 1.807) is 35.0 Å². The highest BCUT2D eigenvalue weighted by Crippen LogP contribution is 2.34. The molecular formula is C21H23N7O4. The molecule has 1 aliphatic rings. The first kappa shape index (κ1) is 21.3. The van der Waals surface area contributed by atoms with Gasteiger partial charge in [-0.1, -0.05) is 12.1 Å². The number of hydrogen-bond donors (Lipinski definition) is 2. The number of guanidine groups is 1. The molecular weight excluding hydrogens is 414 g/mol. The summed E-state index contributed by atoms with van der Waals surface area (Å²) < 4.78 is 12.3. The fraction of sp³-hybridized carbons (Fsp3) is 0.238. The molecule has 4 N–H and O–H groups in total. The molecule has 0 aliphatic carbocycles. The van der Waals surface area contributed by atoms with E-state index in [4.69, 9.17) is 20.9 Å². The minimum absolute atomic E-state index is 0.0250. The van der Waals surface area contributed by atoms with Gasteiger partial charge in [0.05, 0.1) is 24.4 Å². The monoisotopic (exact) mass is 437 g/mol. The first-order chi connectivity index (χ1) is 15.5. The number of nitrogens with two attached hydrogens (primary N) is 2. The summed E-state index contributed by atoms with van der Waals surface area (Å²) in [6.45, 7) is 1.30. The van der Waals surface area contributed by atoms with Gasteiger partial charge in [-0.25, -0.2) is 4.98 Å². The van der Waals surface area contributed by atoms with Crippen LogP contribution in [-0.4, -0.2) is 40.8 Å². The zero-order chi connectivity index (χ0) is 22.7. The summed E-state index contributed by atoms with van der Waals surface area (Å²) in [4.78, 5) is 21.2. The van der Waals surface area contributed by atoms with Crippen LogP contribution in [0.5, 0.6) is 5.75 Å². The van der Waals surface area contributed by atoms with Crippen molar-refractivity contribution >= 4 is 23.2 Å². The maximum absolute atomic E-state index is 11.0. The van der Waals surface area contributed by atoms with Crippen molar-refractivity contribution in [3.8, 4) is 5.75 Å². The molecule has 3 aromatic rings. The average molecular weight is 437 g/mol. The van der Waals surface area contributed by atoms with E-state index in [2.05, 4.69) is 9.98 Å². The minimum atomic E-state index is -0.644. The van der Waals surface area contributed by atoms with E-state index in [0.717, 1.165) is 11.3 Å². The Kier molecular flexibility index (Phi) is 6.01. The largest absolute Gasteiger partial charge is 0.491 e. The Morgan fingerprint density at radius 1 is 1.19 bits per heavy atom. The first-order valence-electron chi connectivity index (χ1n) is 9.87. The quantitative estimate of drug-likeness (QED) is 0.310. The third-order valence-electron chi connectivity index (χ3n) is 5.01. The SMILES string of the molecule is COCCOc1ccc(N2C(N)=Nc3c(ncn3Cc3cccc([N+](=O)[O-])c3)C2N)cc1. The molecule has 1 unspecified atom stereocenters. The summed E-state index contributed by atoms with van der Waals surface area (Å²) in [5.74, 6) is 1.45. The highest BCUT2D eigenvalue weighted by Gasteiger charge is 2.31. The van der Waals surface area contributed by atoms with Crippen molar-refractivity contribution in [2.24, 2.45) is 16.5 Å². The maximum Gasteiger partial charge on any atom is 0.269 e. The van der Waals surface area contributed by atoms with E-state index in [1.165, 1.54) is 12.1 Å². The van der Waals surface area contributed by atoms with E-state index in [0.29, 0.717) is 37.0 Å². The highest BCUT2D eigenvalue weighted by atomic mass is 16.6. The van der Waals surface area contributed by atoms with E-state index in [-0.39, 0.29) is 11.6 Å². The highest BCUT2D eigenvalue weighted by molar-refractivity contribution is 5.98. The van der Waals surface area contributed by atoms with Gasteiger partial charge in [0.1, 0.15) is 24.2 Å². The molecule has 2 heterocycles. The van der Waals surface area contributed by atoms with Crippen LogP contribution < -0.4 is 21.1 Å². The molecule has 0 bridgehead atoms. The molecule has 2 aromatic carbocycles. The Morgan fingerprint density at radius 2 is 1.97 bits per heavy atom. The fourth-order valence-electron chi connectivity index (χ4n) is 3.47. The lowest BCUT2D eigenvalue weighted by molar-refractivity contribution is -0.384. The molecule has 1 aliphatic heterocycles. The van der Waals surface area contributed by atoms with E-state index in [1.807, 2.05) is 24.3 Å². The predicted molar refractivity (Wildman–Crippen MR) is 119 cm³/mol. The van der Waals surface area contributed by atoms with Gasteiger partial charge in [0.15, 0.2) is 5.82 Å². The molecule has 166 valence electrons. The van der Waals surface area contributed by atoms with Gasteiger partial charge >= 0.3 is 0 Å². The second kappa shape index (κ2) is 9.04. The lowest BCUT2D eigenvalue weighted by atomic mass is 10.2. The van der Waals surface area contributed by atoms with Crippen molar-refractivity contribution in [1.82, 2.24) is 9.55 Å². The van der Waals surface area contributed by atoms with Crippen LogP contribution in [0, 0.1) is 10.1 Å². The van der Waals surface area contributed by atoms with Crippen molar-refractivity contribution in [2.75, 3.05) is 25.2 Å². The summed E-state index contributed by atoms with van der Waals surface area (Å²) in [6.07, 6.45) is 0.963. The Hall–Kier alpha value is -3.96. The summed E-state index contributed by atoms with van der Waals surface area (Å²) in [5.41, 5.74) is 14.8. The van der Waals surface area contributed by atoms with Gasteiger partial charge in [-0.15, -0.1) is 0 Å². The number of ether oxygens (including phenoxy) is 2. The van der Waals surface area contributed by atoms with Crippen molar-refractivity contribution in [2.45, 2.75) is 12.7 Å². The van der Waals surface area contributed by atoms with Crippen LogP contribution in [0.3, 0.4) is 0 Å². The summed E-state index contributed by atoms with van der Waals surface area (Å²) in [6, 6.07) is 13.7. The number of anilines is 1. The molecule has 0 saturated heterocycles. The van der Waals surface area contributed by atoms with Gasteiger partial charge in [0.2, 0.25) is 5.96 Å². The molecule has 1 aromatic heterocycles. The molecule has 0 spiro atoms. The number of nitro benzene ring substituents is 1. The zero-order valence-electron chi connectivity index (χ0n) is 17.4. The van der Waals surface area contributed by atoms with Gasteiger partial charge in [0, 0.05) is 24.9 Å². The van der Waals surface area contributed by atoms with Crippen LogP contribution >= 0.6 is 0 Å². The Balaban J connectivity index is 1.55. The number of nitro groups is 1. The zero-order valence-corrected chi connectivity index (χ0v) is 17.4. The lowest BCUT2D eigenvalue weighted by Crippen LogP contribution is -2.46. The standard InChI is InChI=1S/C21H23N7O4/c1-31-9-10-32-17-7-5-15(6-8-17)27-19(22)18-20(25-21(27)23)26(13-24-18)12-14-3-2-4-16(11-14)28(29)30/h2-8,11,13,19H,9-10,12,22H2,1H3,(H2,23,25). The topological polar surface area (TPSA) is 147 Å². The van der Waals surface area contributed by atoms with Gasteiger partial charge in [0.25, 0.3) is 5.69 Å². The molecule has 4 rings (SSSR count). The molecule has 11 heteroatoms. The number of benzene rings is 2. The summed E-state index contributed by atoms with van der Waals surface area (Å²) >= 11 is 0. The predicted octanol–water partition coefficient (Wildman–Crippen LogP) is 2.29. The lowest BCUT2D eigenvalue weighted by Gasteiger charge is -2.32. The van der Waals surface area contributed by atoms with Crippen LogP contribution in [0.15, 0.2) is 59.9 Å². The number of nitrogens with zero attached hydrogens (tertiary/aromatic N) is 5. The van der Waals surface area contributed by atoms with E-state index in [9.17, 15) is 10.1 Å². The summed E-state index contributed by atoms with van der Waals surface area (Å²) in [7, 11) is 1.62.